The second-order valence-corrected chi connectivity index (χ2v) is 5.23. The van der Waals surface area contributed by atoms with Gasteiger partial charge in [0.25, 0.3) is 0 Å². The lowest BCUT2D eigenvalue weighted by Gasteiger charge is -2.10. The van der Waals surface area contributed by atoms with Gasteiger partial charge in [-0.05, 0) is 30.7 Å². The van der Waals surface area contributed by atoms with E-state index in [0.29, 0.717) is 17.7 Å². The molecule has 0 radical (unpaired) electrons. The number of amides is 2. The lowest BCUT2D eigenvalue weighted by molar-refractivity contribution is -0.136. The number of aromatic nitrogens is 3. The van der Waals surface area contributed by atoms with Gasteiger partial charge in [-0.2, -0.15) is 13.2 Å². The third kappa shape index (κ3) is 3.54. The summed E-state index contributed by atoms with van der Waals surface area (Å²) in [6.45, 7) is 2.10. The highest BCUT2D eigenvalue weighted by molar-refractivity contribution is 5.92. The van der Waals surface area contributed by atoms with E-state index in [1.165, 1.54) is 18.5 Å². The van der Waals surface area contributed by atoms with Gasteiger partial charge in [-0.15, -0.1) is 0 Å². The van der Waals surface area contributed by atoms with Crippen LogP contribution in [0.4, 0.5) is 23.9 Å². The molecule has 3 N–H and O–H groups in total. The predicted octanol–water partition coefficient (Wildman–Crippen LogP) is 3.79. The van der Waals surface area contributed by atoms with E-state index in [0.717, 1.165) is 6.07 Å². The van der Waals surface area contributed by atoms with Crippen LogP contribution in [0.5, 0.6) is 0 Å². The Hall–Kier alpha value is -3.10. The molecule has 3 rings (SSSR count). The normalized spacial score (nSPS) is 11.5. The van der Waals surface area contributed by atoms with Crippen LogP contribution >= 0.6 is 0 Å². The molecule has 0 saturated heterocycles. The fraction of sp³-hybridized carbons (Fsp3) is 0.188. The Morgan fingerprint density at radius 2 is 2.08 bits per heavy atom. The van der Waals surface area contributed by atoms with Gasteiger partial charge < -0.3 is 10.3 Å². The number of aromatic amines is 1. The van der Waals surface area contributed by atoms with Crippen LogP contribution in [0.2, 0.25) is 0 Å². The summed E-state index contributed by atoms with van der Waals surface area (Å²) in [5.74, 6) is -0.0604. The van der Waals surface area contributed by atoms with E-state index in [2.05, 4.69) is 25.6 Å². The molecule has 0 spiro atoms. The molecule has 0 fully saturated rings. The number of hydrogen-bond donors (Lipinski definition) is 3. The minimum atomic E-state index is -4.59. The van der Waals surface area contributed by atoms with Crippen LogP contribution in [0, 0.1) is 0 Å². The maximum absolute atomic E-state index is 13.4. The molecule has 2 heterocycles. The third-order valence-electron chi connectivity index (χ3n) is 3.46. The standard InChI is InChI=1S/C16H14F3N5O/c1-2-21-15(25)24-14-22-12-7-10(9-4-3-5-20-8-9)6-11(13(12)23-14)16(17,18)19/h3-8H,2H2,1H3,(H3,21,22,23,24,25). The molecule has 0 saturated carbocycles. The first-order valence-corrected chi connectivity index (χ1v) is 7.44. The second kappa shape index (κ2) is 6.42. The van der Waals surface area contributed by atoms with Crippen molar-refractivity contribution in [3.8, 4) is 11.1 Å². The van der Waals surface area contributed by atoms with Gasteiger partial charge in [-0.1, -0.05) is 6.07 Å². The van der Waals surface area contributed by atoms with Gasteiger partial charge in [0.1, 0.15) is 5.52 Å². The quantitative estimate of drug-likeness (QED) is 0.673. The van der Waals surface area contributed by atoms with Crippen LogP contribution < -0.4 is 10.6 Å². The summed E-state index contributed by atoms with van der Waals surface area (Å²) in [5, 5.41) is 4.85. The van der Waals surface area contributed by atoms with E-state index in [-0.39, 0.29) is 17.0 Å². The summed E-state index contributed by atoms with van der Waals surface area (Å²) < 4.78 is 40.3. The van der Waals surface area contributed by atoms with Crippen molar-refractivity contribution in [1.82, 2.24) is 20.3 Å². The Kier molecular flexibility index (Phi) is 4.30. The molecular weight excluding hydrogens is 335 g/mol. The average Bonchev–Trinajstić information content (AvgIpc) is 2.95. The van der Waals surface area contributed by atoms with Crippen molar-refractivity contribution in [2.24, 2.45) is 0 Å². The zero-order chi connectivity index (χ0) is 18.0. The van der Waals surface area contributed by atoms with Gasteiger partial charge in [-0.3, -0.25) is 10.3 Å². The van der Waals surface area contributed by atoms with E-state index < -0.39 is 17.8 Å². The maximum Gasteiger partial charge on any atom is 0.418 e. The lowest BCUT2D eigenvalue weighted by atomic mass is 10.0. The van der Waals surface area contributed by atoms with Crippen LogP contribution in [0.1, 0.15) is 12.5 Å². The topological polar surface area (TPSA) is 82.7 Å². The smallest absolute Gasteiger partial charge is 0.338 e. The highest BCUT2D eigenvalue weighted by atomic mass is 19.4. The largest absolute Gasteiger partial charge is 0.418 e. The van der Waals surface area contributed by atoms with Crippen molar-refractivity contribution in [2.45, 2.75) is 13.1 Å². The van der Waals surface area contributed by atoms with Gasteiger partial charge in [0.15, 0.2) is 0 Å². The van der Waals surface area contributed by atoms with Crippen LogP contribution in [-0.4, -0.2) is 27.5 Å². The molecular formula is C16H14F3N5O. The molecule has 0 aliphatic rings. The molecule has 3 aromatic rings. The molecule has 2 amide bonds. The first-order valence-electron chi connectivity index (χ1n) is 7.44. The van der Waals surface area contributed by atoms with Gasteiger partial charge in [0, 0.05) is 24.5 Å². The molecule has 25 heavy (non-hydrogen) atoms. The number of hydrogen-bond acceptors (Lipinski definition) is 3. The number of alkyl halides is 3. The summed E-state index contributed by atoms with van der Waals surface area (Å²) in [4.78, 5) is 22.0. The minimum Gasteiger partial charge on any atom is -0.338 e. The van der Waals surface area contributed by atoms with Gasteiger partial charge in [-0.25, -0.2) is 9.78 Å². The number of H-pyrrole nitrogens is 1. The maximum atomic E-state index is 13.4. The number of imidazole rings is 1. The number of fused-ring (bicyclic) bond motifs is 1. The van der Waals surface area contributed by atoms with Gasteiger partial charge in [0.2, 0.25) is 5.95 Å². The predicted molar refractivity (Wildman–Crippen MR) is 87.0 cm³/mol. The number of urea groups is 1. The van der Waals surface area contributed by atoms with Crippen LogP contribution in [0.15, 0.2) is 36.7 Å². The molecule has 130 valence electrons. The molecule has 2 aromatic heterocycles. The van der Waals surface area contributed by atoms with Crippen LogP contribution in [0.3, 0.4) is 0 Å². The van der Waals surface area contributed by atoms with E-state index in [9.17, 15) is 18.0 Å². The van der Waals surface area contributed by atoms with Crippen LogP contribution in [0.25, 0.3) is 22.2 Å². The summed E-state index contributed by atoms with van der Waals surface area (Å²) in [6.07, 6.45) is -1.57. The first-order chi connectivity index (χ1) is 11.9. The fourth-order valence-corrected chi connectivity index (χ4v) is 2.41. The van der Waals surface area contributed by atoms with E-state index in [4.69, 9.17) is 0 Å². The Bertz CT molecular complexity index is 905. The lowest BCUT2D eigenvalue weighted by Crippen LogP contribution is -2.28. The molecule has 6 nitrogen and oxygen atoms in total. The molecule has 0 unspecified atom stereocenters. The van der Waals surface area contributed by atoms with Gasteiger partial charge >= 0.3 is 12.2 Å². The molecule has 9 heteroatoms. The van der Waals surface area contributed by atoms with Crippen molar-refractivity contribution in [3.05, 3.63) is 42.2 Å². The number of rotatable bonds is 3. The Labute approximate surface area is 140 Å². The molecule has 1 aromatic carbocycles. The Morgan fingerprint density at radius 3 is 2.72 bits per heavy atom. The van der Waals surface area contributed by atoms with Crippen molar-refractivity contribution in [2.75, 3.05) is 11.9 Å². The van der Waals surface area contributed by atoms with Gasteiger partial charge in [0.05, 0.1) is 11.1 Å². The second-order valence-electron chi connectivity index (χ2n) is 5.23. The number of carbonyl (C=O) groups excluding carboxylic acids is 1. The highest BCUT2D eigenvalue weighted by Gasteiger charge is 2.34. The number of carbonyl (C=O) groups is 1. The zero-order valence-corrected chi connectivity index (χ0v) is 13.1. The number of nitrogens with one attached hydrogen (secondary N) is 3. The van der Waals surface area contributed by atoms with Crippen LogP contribution in [-0.2, 0) is 6.18 Å². The number of benzene rings is 1. The minimum absolute atomic E-state index is 0.0604. The molecule has 0 aliphatic heterocycles. The Morgan fingerprint density at radius 1 is 1.28 bits per heavy atom. The first kappa shape index (κ1) is 16.7. The summed E-state index contributed by atoms with van der Waals surface area (Å²) >= 11 is 0. The number of anilines is 1. The van der Waals surface area contributed by atoms with Crippen molar-refractivity contribution < 1.29 is 18.0 Å². The third-order valence-corrected chi connectivity index (χ3v) is 3.46. The molecule has 0 atom stereocenters. The van der Waals surface area contributed by atoms with Crippen molar-refractivity contribution in [3.63, 3.8) is 0 Å². The van der Waals surface area contributed by atoms with Crippen molar-refractivity contribution in [1.29, 1.82) is 0 Å². The van der Waals surface area contributed by atoms with E-state index >= 15 is 0 Å². The SMILES string of the molecule is CCNC(=O)Nc1nc2c(C(F)(F)F)cc(-c3cccnc3)cc2[nH]1. The zero-order valence-electron chi connectivity index (χ0n) is 13.1. The van der Waals surface area contributed by atoms with E-state index in [1.807, 2.05) is 0 Å². The Balaban J connectivity index is 2.12. The monoisotopic (exact) mass is 349 g/mol. The average molecular weight is 349 g/mol. The fourth-order valence-electron chi connectivity index (χ4n) is 2.41. The number of pyridine rings is 1. The van der Waals surface area contributed by atoms with Crippen molar-refractivity contribution >= 4 is 23.0 Å². The molecule has 0 aliphatic carbocycles. The molecule has 0 bridgehead atoms. The summed E-state index contributed by atoms with van der Waals surface area (Å²) in [6, 6.07) is 5.32. The number of nitrogens with zero attached hydrogens (tertiary/aromatic N) is 2. The highest BCUT2D eigenvalue weighted by Crippen LogP contribution is 2.37. The van der Waals surface area contributed by atoms with E-state index in [1.54, 1.807) is 19.1 Å². The summed E-state index contributed by atoms with van der Waals surface area (Å²) in [5.41, 5.74) is -0.0830. The number of halogens is 3. The summed E-state index contributed by atoms with van der Waals surface area (Å²) in [7, 11) is 0.